The van der Waals surface area contributed by atoms with Crippen molar-refractivity contribution in [1.29, 1.82) is 0 Å². The predicted molar refractivity (Wildman–Crippen MR) is 124 cm³/mol. The summed E-state index contributed by atoms with van der Waals surface area (Å²) in [6, 6.07) is 0. The average molecular weight is 479 g/mol. The van der Waals surface area contributed by atoms with Gasteiger partial charge in [-0.2, -0.15) is 0 Å². The van der Waals surface area contributed by atoms with E-state index in [-0.39, 0.29) is 48.8 Å². The van der Waals surface area contributed by atoms with Crippen LogP contribution in [-0.2, 0) is 30.4 Å². The molecule has 11 nitrogen and oxygen atoms in total. The Balaban J connectivity index is 1.75. The van der Waals surface area contributed by atoms with E-state index in [1.54, 1.807) is 0 Å². The lowest BCUT2D eigenvalue weighted by Crippen LogP contribution is -2.44. The molecule has 1 aromatic rings. The van der Waals surface area contributed by atoms with E-state index in [4.69, 9.17) is 15.2 Å². The first-order valence-corrected chi connectivity index (χ1v) is 11.9. The maximum Gasteiger partial charge on any atom is 0.330 e. The van der Waals surface area contributed by atoms with E-state index in [2.05, 4.69) is 4.98 Å². The van der Waals surface area contributed by atoms with E-state index >= 15 is 0 Å². The van der Waals surface area contributed by atoms with Crippen LogP contribution in [0.3, 0.4) is 0 Å². The molecule has 2 aliphatic carbocycles. The van der Waals surface area contributed by atoms with Crippen molar-refractivity contribution < 1.29 is 23.9 Å². The normalized spacial score (nSPS) is 21.8. The Kier molecular flexibility index (Phi) is 8.65. The molecule has 2 saturated carbocycles. The smallest absolute Gasteiger partial charge is 0.330 e. The van der Waals surface area contributed by atoms with Crippen LogP contribution in [0.5, 0.6) is 0 Å². The number of aromatic amines is 1. The number of unbranched alkanes of at least 4 members (excludes halogenated alkanes) is 1. The van der Waals surface area contributed by atoms with Gasteiger partial charge in [-0.1, -0.05) is 19.8 Å². The quantitative estimate of drug-likeness (QED) is 0.469. The van der Waals surface area contributed by atoms with Crippen molar-refractivity contribution in [3.8, 4) is 0 Å². The van der Waals surface area contributed by atoms with Gasteiger partial charge >= 0.3 is 11.7 Å². The summed E-state index contributed by atoms with van der Waals surface area (Å²) in [4.78, 5) is 66.1. The zero-order chi connectivity index (χ0) is 24.8. The molecule has 2 fully saturated rings. The van der Waals surface area contributed by atoms with Gasteiger partial charge in [-0.25, -0.2) is 4.79 Å². The molecule has 2 atom stereocenters. The number of ether oxygens (including phenoxy) is 2. The molecule has 0 spiro atoms. The van der Waals surface area contributed by atoms with Gasteiger partial charge in [0.05, 0.1) is 12.5 Å². The predicted octanol–water partition coefficient (Wildman–Crippen LogP) is 0.837. The number of fused-ring (bicyclic) bond motifs is 2. The van der Waals surface area contributed by atoms with E-state index in [0.29, 0.717) is 19.3 Å². The zero-order valence-corrected chi connectivity index (χ0v) is 19.8. The molecule has 2 aliphatic rings. The number of Topliss-reactive ketones (excluding diaryl/α,β-unsaturated/α-hetero) is 1. The molecule has 34 heavy (non-hydrogen) atoms. The Morgan fingerprint density at radius 1 is 1.18 bits per heavy atom. The van der Waals surface area contributed by atoms with Crippen molar-refractivity contribution in [1.82, 2.24) is 9.55 Å². The molecule has 1 aromatic heterocycles. The summed E-state index contributed by atoms with van der Waals surface area (Å²) < 4.78 is 11.6. The summed E-state index contributed by atoms with van der Waals surface area (Å²) in [7, 11) is 1.44. The molecule has 3 N–H and O–H groups in total. The first kappa shape index (κ1) is 25.7. The minimum absolute atomic E-state index is 0.0196. The third-order valence-corrected chi connectivity index (χ3v) is 6.76. The second kappa shape index (κ2) is 11.5. The maximum atomic E-state index is 13.0. The van der Waals surface area contributed by atoms with Crippen molar-refractivity contribution >= 4 is 29.2 Å². The number of methoxy groups -OCH3 is 1. The van der Waals surface area contributed by atoms with E-state index in [9.17, 15) is 24.0 Å². The van der Waals surface area contributed by atoms with Crippen molar-refractivity contribution in [2.75, 3.05) is 37.5 Å². The number of carbonyl (C=O) groups excluding carboxylic acids is 3. The fourth-order valence-corrected chi connectivity index (χ4v) is 4.92. The highest BCUT2D eigenvalue weighted by atomic mass is 16.5. The van der Waals surface area contributed by atoms with Gasteiger partial charge in [0.1, 0.15) is 11.6 Å². The van der Waals surface area contributed by atoms with Crippen LogP contribution in [0.15, 0.2) is 9.59 Å². The third-order valence-electron chi connectivity index (χ3n) is 6.76. The number of amides is 1. The van der Waals surface area contributed by atoms with Crippen LogP contribution in [0, 0.1) is 17.8 Å². The molecule has 1 heterocycles. The minimum Gasteiger partial charge on any atom is -0.455 e. The Morgan fingerprint density at radius 3 is 2.47 bits per heavy atom. The van der Waals surface area contributed by atoms with Gasteiger partial charge in [0.15, 0.2) is 12.3 Å². The number of hydrogen-bond acceptors (Lipinski definition) is 8. The van der Waals surface area contributed by atoms with Gasteiger partial charge < -0.3 is 15.2 Å². The molecule has 2 bridgehead atoms. The van der Waals surface area contributed by atoms with E-state index in [1.165, 1.54) is 11.7 Å². The van der Waals surface area contributed by atoms with Crippen molar-refractivity contribution in [2.24, 2.45) is 17.8 Å². The summed E-state index contributed by atoms with van der Waals surface area (Å²) in [6.45, 7) is 1.73. The Hall–Kier alpha value is -2.95. The second-order valence-corrected chi connectivity index (χ2v) is 9.04. The summed E-state index contributed by atoms with van der Waals surface area (Å²) in [5, 5.41) is 0. The molecule has 1 amide bonds. The molecule has 3 rings (SSSR count). The number of nitrogen functional groups attached to an aromatic ring is 1. The van der Waals surface area contributed by atoms with Crippen molar-refractivity contribution in [3.05, 3.63) is 20.8 Å². The van der Waals surface area contributed by atoms with Gasteiger partial charge in [0, 0.05) is 32.0 Å². The molecule has 0 saturated heterocycles. The van der Waals surface area contributed by atoms with Gasteiger partial charge in [-0.15, -0.1) is 0 Å². The van der Waals surface area contributed by atoms with Gasteiger partial charge in [-0.05, 0) is 32.1 Å². The second-order valence-electron chi connectivity index (χ2n) is 9.04. The lowest BCUT2D eigenvalue weighted by atomic mass is 9.67. The fraction of sp³-hybridized carbons (Fsp3) is 0.696. The molecule has 0 aromatic carbocycles. The monoisotopic (exact) mass is 478 g/mol. The molecule has 0 aliphatic heterocycles. The van der Waals surface area contributed by atoms with E-state index in [0.717, 1.165) is 30.6 Å². The lowest BCUT2D eigenvalue weighted by Gasteiger charge is -2.36. The number of hydrogen-bond donors (Lipinski definition) is 2. The van der Waals surface area contributed by atoms with Crippen LogP contribution in [0.2, 0.25) is 0 Å². The van der Waals surface area contributed by atoms with Crippen molar-refractivity contribution in [3.63, 3.8) is 0 Å². The highest BCUT2D eigenvalue weighted by Crippen LogP contribution is 2.40. The summed E-state index contributed by atoms with van der Waals surface area (Å²) in [5.41, 5.74) is 4.52. The van der Waals surface area contributed by atoms with E-state index in [1.807, 2.05) is 6.92 Å². The Labute approximate surface area is 197 Å². The maximum absolute atomic E-state index is 13.0. The highest BCUT2D eigenvalue weighted by Gasteiger charge is 2.42. The topological polar surface area (TPSA) is 154 Å². The molecular formula is C23H34N4O7. The minimum atomic E-state index is -0.801. The summed E-state index contributed by atoms with van der Waals surface area (Å²) in [6.07, 6.45) is 4.93. The van der Waals surface area contributed by atoms with Crippen LogP contribution >= 0.6 is 0 Å². The summed E-state index contributed by atoms with van der Waals surface area (Å²) >= 11 is 0. The average Bonchev–Trinajstić information content (AvgIpc) is 2.79. The standard InChI is InChI=1S/C23H34N4O7/c1-3-4-8-27-20(24)18(21(30)25-23(27)32)26(9-10-33-2)17(28)13-34-22(31)16-11-14-6-5-7-15(12-16)19(14)29/h14-16H,3-13,24H2,1-2H3,(H,25,30,32). The first-order chi connectivity index (χ1) is 16.3. The van der Waals surface area contributed by atoms with Crippen LogP contribution < -0.4 is 21.9 Å². The molecule has 188 valence electrons. The number of nitrogens with one attached hydrogen (secondary N) is 1. The SMILES string of the molecule is CCCCn1c(N)c(N(CCOC)C(=O)COC(=O)C2CC3CCCC(C2)C3=O)c(=O)[nH]c1=O. The van der Waals surface area contributed by atoms with Crippen LogP contribution in [0.4, 0.5) is 11.5 Å². The number of nitrogens with zero attached hydrogens (tertiary/aromatic N) is 2. The number of carbonyl (C=O) groups is 3. The number of aromatic nitrogens is 2. The number of esters is 1. The number of nitrogens with two attached hydrogens (primary N) is 1. The molecular weight excluding hydrogens is 444 g/mol. The van der Waals surface area contributed by atoms with Crippen LogP contribution in [-0.4, -0.2) is 54.1 Å². The third kappa shape index (κ3) is 5.57. The van der Waals surface area contributed by atoms with Gasteiger partial charge in [0.2, 0.25) is 0 Å². The van der Waals surface area contributed by atoms with Crippen LogP contribution in [0.25, 0.3) is 0 Å². The van der Waals surface area contributed by atoms with E-state index < -0.39 is 35.7 Å². The number of rotatable bonds is 10. The number of ketones is 1. The largest absolute Gasteiger partial charge is 0.455 e. The van der Waals surface area contributed by atoms with Crippen LogP contribution in [0.1, 0.15) is 51.9 Å². The van der Waals surface area contributed by atoms with Gasteiger partial charge in [-0.3, -0.25) is 33.6 Å². The molecule has 11 heteroatoms. The highest BCUT2D eigenvalue weighted by molar-refractivity contribution is 5.97. The zero-order valence-electron chi connectivity index (χ0n) is 19.8. The molecule has 0 radical (unpaired) electrons. The number of anilines is 2. The fourth-order valence-electron chi connectivity index (χ4n) is 4.92. The summed E-state index contributed by atoms with van der Waals surface area (Å²) in [5.74, 6) is -1.70. The Bertz CT molecular complexity index is 1020. The lowest BCUT2D eigenvalue weighted by molar-refractivity contribution is -0.156. The van der Waals surface area contributed by atoms with Crippen molar-refractivity contribution in [2.45, 2.75) is 58.4 Å². The first-order valence-electron chi connectivity index (χ1n) is 11.9. The Morgan fingerprint density at radius 2 is 1.85 bits per heavy atom. The van der Waals surface area contributed by atoms with Gasteiger partial charge in [0.25, 0.3) is 11.5 Å². The number of H-pyrrole nitrogens is 1. The molecule has 2 unspecified atom stereocenters.